The number of carbonyl (C=O) groups excluding carboxylic acids is 2. The average Bonchev–Trinajstić information content (AvgIpc) is 2.88. The van der Waals surface area contributed by atoms with E-state index in [-0.39, 0.29) is 11.7 Å². The van der Waals surface area contributed by atoms with Gasteiger partial charge in [0, 0.05) is 12.0 Å². The molecule has 0 spiro atoms. The lowest BCUT2D eigenvalue weighted by Gasteiger charge is -2.25. The molecule has 1 heterocycles. The molecule has 1 aliphatic rings. The van der Waals surface area contributed by atoms with Gasteiger partial charge in [0.25, 0.3) is 11.8 Å². The summed E-state index contributed by atoms with van der Waals surface area (Å²) in [5.74, 6) is 0.820. The van der Waals surface area contributed by atoms with Crippen LogP contribution in [0.15, 0.2) is 78.9 Å². The Labute approximate surface area is 202 Å². The lowest BCUT2D eigenvalue weighted by molar-refractivity contribution is -0.130. The minimum atomic E-state index is -0.852. The summed E-state index contributed by atoms with van der Waals surface area (Å²) in [5, 5.41) is 2.45. The van der Waals surface area contributed by atoms with E-state index >= 15 is 0 Å². The van der Waals surface area contributed by atoms with Crippen LogP contribution in [-0.2, 0) is 11.2 Å². The number of thiocarbonyl (C=S) groups is 1. The van der Waals surface area contributed by atoms with Gasteiger partial charge in [0.05, 0.1) is 6.61 Å². The molecule has 0 aliphatic carbocycles. The second kappa shape index (κ2) is 11.2. The third-order valence-corrected chi connectivity index (χ3v) is 5.15. The van der Waals surface area contributed by atoms with Crippen LogP contribution in [0.25, 0.3) is 0 Å². The zero-order valence-electron chi connectivity index (χ0n) is 18.2. The van der Waals surface area contributed by atoms with Gasteiger partial charge in [0.2, 0.25) is 6.10 Å². The third kappa shape index (κ3) is 6.23. The number of rotatable bonds is 6. The summed E-state index contributed by atoms with van der Waals surface area (Å²) in [6.45, 7) is 0.591. The second-order valence-corrected chi connectivity index (χ2v) is 7.78. The molecule has 0 saturated heterocycles. The van der Waals surface area contributed by atoms with Crippen molar-refractivity contribution in [3.05, 3.63) is 90.0 Å². The predicted octanol–water partition coefficient (Wildman–Crippen LogP) is 2.78. The van der Waals surface area contributed by atoms with Crippen LogP contribution in [0.2, 0.25) is 0 Å². The molecule has 0 saturated carbocycles. The van der Waals surface area contributed by atoms with E-state index in [1.165, 1.54) is 5.56 Å². The molecule has 9 heteroatoms. The summed E-state index contributed by atoms with van der Waals surface area (Å²) >= 11 is 5.09. The van der Waals surface area contributed by atoms with Crippen LogP contribution in [0.4, 0.5) is 0 Å². The number of benzene rings is 3. The lowest BCUT2D eigenvalue weighted by atomic mass is 10.2. The molecule has 1 atom stereocenters. The molecular weight excluding hydrogens is 454 g/mol. The SMILES string of the molecule is O=C(NC(=S)NNC(=O)C1COc2ccccc2O1)c1ccc(OCCc2ccccc2)cc1. The molecule has 0 fully saturated rings. The molecule has 3 aromatic carbocycles. The number of para-hydroxylation sites is 2. The van der Waals surface area contributed by atoms with Crippen molar-refractivity contribution in [3.8, 4) is 17.2 Å². The van der Waals surface area contributed by atoms with E-state index < -0.39 is 17.9 Å². The summed E-state index contributed by atoms with van der Waals surface area (Å²) < 4.78 is 16.9. The first kappa shape index (κ1) is 23.1. The van der Waals surface area contributed by atoms with Gasteiger partial charge in [-0.25, -0.2) is 0 Å². The number of ether oxygens (including phenoxy) is 3. The summed E-state index contributed by atoms with van der Waals surface area (Å²) in [6, 6.07) is 23.8. The Balaban J connectivity index is 1.19. The van der Waals surface area contributed by atoms with E-state index in [2.05, 4.69) is 16.2 Å². The first-order valence-electron chi connectivity index (χ1n) is 10.6. The zero-order valence-corrected chi connectivity index (χ0v) is 19.0. The smallest absolute Gasteiger partial charge is 0.283 e. The van der Waals surface area contributed by atoms with E-state index in [1.54, 1.807) is 42.5 Å². The van der Waals surface area contributed by atoms with Crippen molar-refractivity contribution in [3.63, 3.8) is 0 Å². The van der Waals surface area contributed by atoms with Crippen LogP contribution in [0.1, 0.15) is 15.9 Å². The standard InChI is InChI=1S/C25H23N3O5S/c29-23(18-10-12-19(13-11-18)31-15-14-17-6-2-1-3-7-17)26-25(34)28-27-24(30)22-16-32-20-8-4-5-9-21(20)33-22/h1-13,22H,14-16H2,(H,27,30)(H2,26,28,29,34). The fourth-order valence-electron chi connectivity index (χ4n) is 3.19. The number of hydrogen-bond acceptors (Lipinski definition) is 6. The molecule has 0 radical (unpaired) electrons. The van der Waals surface area contributed by atoms with Crippen molar-refractivity contribution in [2.75, 3.05) is 13.2 Å². The normalized spacial score (nSPS) is 13.9. The molecule has 1 aliphatic heterocycles. The van der Waals surface area contributed by atoms with Crippen LogP contribution in [-0.4, -0.2) is 36.2 Å². The fraction of sp³-hybridized carbons (Fsp3) is 0.160. The van der Waals surface area contributed by atoms with Crippen molar-refractivity contribution in [1.82, 2.24) is 16.2 Å². The highest BCUT2D eigenvalue weighted by atomic mass is 32.1. The van der Waals surface area contributed by atoms with E-state index in [4.69, 9.17) is 26.4 Å². The Bertz CT molecular complexity index is 1150. The van der Waals surface area contributed by atoms with Crippen molar-refractivity contribution >= 4 is 29.1 Å². The molecule has 3 aromatic rings. The molecule has 0 bridgehead atoms. The number of hydrazine groups is 1. The van der Waals surface area contributed by atoms with Crippen molar-refractivity contribution in [2.24, 2.45) is 0 Å². The number of fused-ring (bicyclic) bond motifs is 1. The first-order valence-corrected chi connectivity index (χ1v) is 11.1. The third-order valence-electron chi connectivity index (χ3n) is 4.95. The van der Waals surface area contributed by atoms with E-state index in [0.717, 1.165) is 6.42 Å². The Morgan fingerprint density at radius 3 is 2.38 bits per heavy atom. The molecule has 34 heavy (non-hydrogen) atoms. The fourth-order valence-corrected chi connectivity index (χ4v) is 3.33. The maximum atomic E-state index is 12.4. The lowest BCUT2D eigenvalue weighted by Crippen LogP contribution is -2.53. The van der Waals surface area contributed by atoms with Gasteiger partial charge in [0.15, 0.2) is 16.6 Å². The van der Waals surface area contributed by atoms with E-state index in [9.17, 15) is 9.59 Å². The quantitative estimate of drug-likeness (QED) is 0.371. The Morgan fingerprint density at radius 2 is 1.62 bits per heavy atom. The van der Waals surface area contributed by atoms with Gasteiger partial charge in [-0.3, -0.25) is 25.8 Å². The molecule has 8 nitrogen and oxygen atoms in total. The summed E-state index contributed by atoms with van der Waals surface area (Å²) in [7, 11) is 0. The van der Waals surface area contributed by atoms with E-state index in [0.29, 0.717) is 29.4 Å². The average molecular weight is 478 g/mol. The van der Waals surface area contributed by atoms with Gasteiger partial charge in [0.1, 0.15) is 12.4 Å². The largest absolute Gasteiger partial charge is 0.493 e. The van der Waals surface area contributed by atoms with Crippen LogP contribution in [0.3, 0.4) is 0 Å². The van der Waals surface area contributed by atoms with Crippen LogP contribution >= 0.6 is 12.2 Å². The molecule has 174 valence electrons. The molecule has 4 rings (SSSR count). The van der Waals surface area contributed by atoms with Gasteiger partial charge in [-0.2, -0.15) is 0 Å². The maximum Gasteiger partial charge on any atom is 0.283 e. The van der Waals surface area contributed by atoms with Crippen molar-refractivity contribution in [1.29, 1.82) is 0 Å². The maximum absolute atomic E-state index is 12.4. The highest BCUT2D eigenvalue weighted by molar-refractivity contribution is 7.80. The number of carbonyl (C=O) groups is 2. The number of hydrogen-bond donors (Lipinski definition) is 3. The Kier molecular flexibility index (Phi) is 7.56. The van der Waals surface area contributed by atoms with Gasteiger partial charge < -0.3 is 14.2 Å². The van der Waals surface area contributed by atoms with Gasteiger partial charge in [-0.15, -0.1) is 0 Å². The summed E-state index contributed by atoms with van der Waals surface area (Å²) in [6.07, 6.45) is -0.0606. The van der Waals surface area contributed by atoms with Crippen molar-refractivity contribution in [2.45, 2.75) is 12.5 Å². The number of nitrogens with one attached hydrogen (secondary N) is 3. The summed E-state index contributed by atoms with van der Waals surface area (Å²) in [5.41, 5.74) is 6.50. The minimum absolute atomic E-state index is 0.0568. The van der Waals surface area contributed by atoms with Gasteiger partial charge in [-0.1, -0.05) is 42.5 Å². The van der Waals surface area contributed by atoms with Crippen LogP contribution in [0.5, 0.6) is 17.2 Å². The minimum Gasteiger partial charge on any atom is -0.493 e. The molecule has 2 amide bonds. The van der Waals surface area contributed by atoms with Crippen molar-refractivity contribution < 1.29 is 23.8 Å². The monoisotopic (exact) mass is 477 g/mol. The predicted molar refractivity (Wildman–Crippen MR) is 130 cm³/mol. The highest BCUT2D eigenvalue weighted by Crippen LogP contribution is 2.30. The van der Waals surface area contributed by atoms with Gasteiger partial charge in [-0.05, 0) is 54.2 Å². The number of amides is 2. The van der Waals surface area contributed by atoms with Gasteiger partial charge >= 0.3 is 0 Å². The van der Waals surface area contributed by atoms with Crippen LogP contribution < -0.4 is 30.4 Å². The van der Waals surface area contributed by atoms with Crippen LogP contribution in [0, 0.1) is 0 Å². The molecule has 0 aromatic heterocycles. The highest BCUT2D eigenvalue weighted by Gasteiger charge is 2.27. The molecular formula is C25H23N3O5S. The van der Waals surface area contributed by atoms with E-state index in [1.807, 2.05) is 36.4 Å². The Hall–Kier alpha value is -4.11. The zero-order chi connectivity index (χ0) is 23.8. The topological polar surface area (TPSA) is 97.9 Å². The second-order valence-electron chi connectivity index (χ2n) is 7.37. The molecule has 1 unspecified atom stereocenters. The Morgan fingerprint density at radius 1 is 0.912 bits per heavy atom. The first-order chi connectivity index (χ1) is 16.6. The molecule has 3 N–H and O–H groups in total. The summed E-state index contributed by atoms with van der Waals surface area (Å²) in [4.78, 5) is 24.7.